The van der Waals surface area contributed by atoms with Gasteiger partial charge in [-0.15, -0.1) is 23.5 Å². The molecule has 2 heterocycles. The predicted octanol–water partition coefficient (Wildman–Crippen LogP) is 3.02. The maximum atomic E-state index is 11.4. The molecule has 2 amide bonds. The zero-order valence-corrected chi connectivity index (χ0v) is 12.2. The monoisotopic (exact) mass is 285 g/mol. The highest BCUT2D eigenvalue weighted by atomic mass is 32.2. The van der Waals surface area contributed by atoms with Crippen molar-refractivity contribution in [1.29, 1.82) is 0 Å². The van der Waals surface area contributed by atoms with Gasteiger partial charge in [-0.25, -0.2) is 0 Å². The van der Waals surface area contributed by atoms with E-state index < -0.39 is 0 Å². The van der Waals surface area contributed by atoms with Crippen molar-refractivity contribution in [2.45, 2.75) is 38.5 Å². The van der Waals surface area contributed by atoms with E-state index >= 15 is 0 Å². The Morgan fingerprint density at radius 2 is 1.72 bits per heavy atom. The summed E-state index contributed by atoms with van der Waals surface area (Å²) in [7, 11) is 0. The van der Waals surface area contributed by atoms with Crippen LogP contribution in [0.25, 0.3) is 0 Å². The molecule has 0 aromatic heterocycles. The number of carbonyl (C=O) groups is 2. The van der Waals surface area contributed by atoms with E-state index in [1.807, 2.05) is 23.5 Å². The first-order chi connectivity index (χ1) is 8.77. The molecule has 0 atom stereocenters. The van der Waals surface area contributed by atoms with E-state index in [0.717, 1.165) is 19.3 Å². The van der Waals surface area contributed by atoms with E-state index in [1.165, 1.54) is 27.1 Å². The van der Waals surface area contributed by atoms with Crippen LogP contribution in [-0.2, 0) is 9.59 Å². The van der Waals surface area contributed by atoms with Crippen LogP contribution in [0.2, 0.25) is 0 Å². The fraction of sp³-hybridized carbons (Fsp3) is 0.692. The molecular weight excluding hydrogens is 266 g/mol. The van der Waals surface area contributed by atoms with Crippen LogP contribution in [0.5, 0.6) is 0 Å². The maximum Gasteiger partial charge on any atom is 0.229 e. The molecule has 0 N–H and O–H groups in total. The lowest BCUT2D eigenvalue weighted by Gasteiger charge is -2.14. The standard InChI is InChI=1S/C13H19NO2S2/c15-11-6-7-12(16)14(11)8-3-1-2-5-13-17-9-4-10-18-13/h5H,1-4,6-10H2. The zero-order chi connectivity index (χ0) is 12.8. The molecule has 0 spiro atoms. The highest BCUT2D eigenvalue weighted by Crippen LogP contribution is 2.34. The van der Waals surface area contributed by atoms with E-state index in [2.05, 4.69) is 6.08 Å². The first-order valence-corrected chi connectivity index (χ1v) is 8.53. The minimum Gasteiger partial charge on any atom is -0.283 e. The van der Waals surface area contributed by atoms with Crippen molar-refractivity contribution < 1.29 is 9.59 Å². The van der Waals surface area contributed by atoms with Gasteiger partial charge >= 0.3 is 0 Å². The van der Waals surface area contributed by atoms with Crippen LogP contribution in [0.1, 0.15) is 38.5 Å². The Labute approximate surface area is 117 Å². The molecule has 2 rings (SSSR count). The van der Waals surface area contributed by atoms with Gasteiger partial charge in [0.2, 0.25) is 11.8 Å². The maximum absolute atomic E-state index is 11.4. The molecule has 0 bridgehead atoms. The van der Waals surface area contributed by atoms with Crippen LogP contribution in [-0.4, -0.2) is 34.8 Å². The fourth-order valence-corrected chi connectivity index (χ4v) is 4.54. The number of allylic oxidation sites excluding steroid dienone is 1. The smallest absolute Gasteiger partial charge is 0.229 e. The number of thioether (sulfide) groups is 2. The summed E-state index contributed by atoms with van der Waals surface area (Å²) in [4.78, 5) is 24.2. The lowest BCUT2D eigenvalue weighted by Crippen LogP contribution is -2.29. The Bertz CT molecular complexity index is 331. The van der Waals surface area contributed by atoms with Gasteiger partial charge in [-0.3, -0.25) is 14.5 Å². The highest BCUT2D eigenvalue weighted by Gasteiger charge is 2.27. The topological polar surface area (TPSA) is 37.4 Å². The van der Waals surface area contributed by atoms with Gasteiger partial charge in [0, 0.05) is 23.6 Å². The van der Waals surface area contributed by atoms with Crippen molar-refractivity contribution in [2.24, 2.45) is 0 Å². The Balaban J connectivity index is 1.61. The number of unbranched alkanes of at least 4 members (excludes halogenated alkanes) is 2. The van der Waals surface area contributed by atoms with Crippen LogP contribution in [0.4, 0.5) is 0 Å². The van der Waals surface area contributed by atoms with Gasteiger partial charge in [0.25, 0.3) is 0 Å². The molecule has 0 radical (unpaired) electrons. The number of likely N-dealkylation sites (tertiary alicyclic amines) is 1. The number of amides is 2. The minimum absolute atomic E-state index is 0.0109. The van der Waals surface area contributed by atoms with E-state index in [9.17, 15) is 9.59 Å². The quantitative estimate of drug-likeness (QED) is 0.575. The van der Waals surface area contributed by atoms with Crippen molar-refractivity contribution in [3.05, 3.63) is 10.3 Å². The normalized spacial score (nSPS) is 20.7. The van der Waals surface area contributed by atoms with E-state index in [0.29, 0.717) is 19.4 Å². The van der Waals surface area contributed by atoms with E-state index in [1.54, 1.807) is 0 Å². The molecule has 3 nitrogen and oxygen atoms in total. The second kappa shape index (κ2) is 7.24. The number of hydrogen-bond acceptors (Lipinski definition) is 4. The van der Waals surface area contributed by atoms with Gasteiger partial charge in [-0.05, 0) is 37.2 Å². The summed E-state index contributed by atoms with van der Waals surface area (Å²) in [5.41, 5.74) is 0. The number of imide groups is 1. The third-order valence-electron chi connectivity index (χ3n) is 3.08. The van der Waals surface area contributed by atoms with Gasteiger partial charge in [-0.1, -0.05) is 6.08 Å². The molecule has 2 saturated heterocycles. The van der Waals surface area contributed by atoms with Crippen molar-refractivity contribution in [2.75, 3.05) is 18.1 Å². The zero-order valence-electron chi connectivity index (χ0n) is 10.5. The molecule has 18 heavy (non-hydrogen) atoms. The van der Waals surface area contributed by atoms with E-state index in [-0.39, 0.29) is 11.8 Å². The van der Waals surface area contributed by atoms with Crippen LogP contribution < -0.4 is 0 Å². The fourth-order valence-electron chi connectivity index (χ4n) is 2.07. The molecule has 2 aliphatic heterocycles. The van der Waals surface area contributed by atoms with Crippen LogP contribution in [0.3, 0.4) is 0 Å². The molecule has 0 aliphatic carbocycles. The van der Waals surface area contributed by atoms with Crippen molar-refractivity contribution in [3.8, 4) is 0 Å². The van der Waals surface area contributed by atoms with Gasteiger partial charge in [0.15, 0.2) is 0 Å². The van der Waals surface area contributed by atoms with Gasteiger partial charge < -0.3 is 0 Å². The number of nitrogens with zero attached hydrogens (tertiary/aromatic N) is 1. The Morgan fingerprint density at radius 3 is 2.39 bits per heavy atom. The average Bonchev–Trinajstić information content (AvgIpc) is 2.71. The number of carbonyl (C=O) groups excluding carboxylic acids is 2. The van der Waals surface area contributed by atoms with E-state index in [4.69, 9.17) is 0 Å². The van der Waals surface area contributed by atoms with Crippen LogP contribution >= 0.6 is 23.5 Å². The Kier molecular flexibility index (Phi) is 5.63. The number of hydrogen-bond donors (Lipinski definition) is 0. The average molecular weight is 285 g/mol. The summed E-state index contributed by atoms with van der Waals surface area (Å²) in [5, 5.41) is 0. The third-order valence-corrected chi connectivity index (χ3v) is 5.67. The molecule has 0 unspecified atom stereocenters. The van der Waals surface area contributed by atoms with Crippen molar-refractivity contribution in [1.82, 2.24) is 4.90 Å². The molecule has 100 valence electrons. The summed E-state index contributed by atoms with van der Waals surface area (Å²) in [6, 6.07) is 0. The second-order valence-electron chi connectivity index (χ2n) is 4.51. The largest absolute Gasteiger partial charge is 0.283 e. The first kappa shape index (κ1) is 14.0. The summed E-state index contributed by atoms with van der Waals surface area (Å²) in [5.74, 6) is 2.51. The Hall–Kier alpha value is -0.420. The SMILES string of the molecule is O=C1CCC(=O)N1CCCCC=C1SCCCS1. The van der Waals surface area contributed by atoms with Crippen molar-refractivity contribution >= 4 is 35.3 Å². The number of rotatable bonds is 5. The molecule has 0 aromatic carbocycles. The first-order valence-electron chi connectivity index (χ1n) is 6.56. The second-order valence-corrected chi connectivity index (χ2v) is 7.04. The molecular formula is C13H19NO2S2. The molecule has 2 aliphatic rings. The molecule has 0 saturated carbocycles. The third kappa shape index (κ3) is 4.05. The van der Waals surface area contributed by atoms with Gasteiger partial charge in [-0.2, -0.15) is 0 Å². The van der Waals surface area contributed by atoms with Gasteiger partial charge in [0.1, 0.15) is 0 Å². The highest BCUT2D eigenvalue weighted by molar-refractivity contribution is 8.22. The van der Waals surface area contributed by atoms with Crippen LogP contribution in [0.15, 0.2) is 10.3 Å². The lowest BCUT2D eigenvalue weighted by molar-refractivity contribution is -0.138. The van der Waals surface area contributed by atoms with Crippen molar-refractivity contribution in [3.63, 3.8) is 0 Å². The Morgan fingerprint density at radius 1 is 1.06 bits per heavy atom. The lowest BCUT2D eigenvalue weighted by atomic mass is 10.2. The molecule has 5 heteroatoms. The summed E-state index contributed by atoms with van der Waals surface area (Å²) in [6.45, 7) is 0.612. The predicted molar refractivity (Wildman–Crippen MR) is 77.4 cm³/mol. The summed E-state index contributed by atoms with van der Waals surface area (Å²) < 4.78 is 1.45. The van der Waals surface area contributed by atoms with Crippen LogP contribution in [0, 0.1) is 0 Å². The van der Waals surface area contributed by atoms with Gasteiger partial charge in [0.05, 0.1) is 0 Å². The summed E-state index contributed by atoms with van der Waals surface area (Å²) in [6.07, 6.45) is 7.49. The minimum atomic E-state index is 0.0109. The molecule has 0 aromatic rings. The summed E-state index contributed by atoms with van der Waals surface area (Å²) >= 11 is 3.91. The molecule has 2 fully saturated rings.